The highest BCUT2D eigenvalue weighted by molar-refractivity contribution is 5.87. The number of esters is 16. The van der Waals surface area contributed by atoms with Crippen LogP contribution in [0, 0.1) is 144 Å². The molecule has 34 heteroatoms. The Hall–Kier alpha value is -8.56. The fourth-order valence-corrected chi connectivity index (χ4v) is 23.4. The topological polar surface area (TPSA) is 439 Å². The van der Waals surface area contributed by atoms with E-state index in [4.69, 9.17) is 71.1 Å². The minimum absolute atomic E-state index is 0.0113. The Morgan fingerprint density at radius 1 is 0.357 bits per heavy atom. The summed E-state index contributed by atoms with van der Waals surface area (Å²) < 4.78 is 94.3. The van der Waals surface area contributed by atoms with Gasteiger partial charge in [0.15, 0.2) is 12.2 Å². The molecule has 30 atom stereocenters. The van der Waals surface area contributed by atoms with E-state index in [1.165, 1.54) is 59.9 Å². The van der Waals surface area contributed by atoms with Gasteiger partial charge in [0.05, 0.1) is 120 Å². The van der Waals surface area contributed by atoms with Crippen molar-refractivity contribution in [3.8, 4) is 0 Å². The van der Waals surface area contributed by atoms with Gasteiger partial charge in [-0.3, -0.25) is 76.7 Å². The maximum Gasteiger partial charge on any atom is 0.312 e. The Morgan fingerprint density at radius 3 is 1.39 bits per heavy atom. The molecule has 11 aliphatic heterocycles. The average molecular weight is 2020 g/mol. The van der Waals surface area contributed by atoms with Crippen molar-refractivity contribution in [2.75, 3.05) is 55.4 Å². The third-order valence-electron chi connectivity index (χ3n) is 35.6. The SMILES string of the molecule is CCC(C)(C)C(=O)OC.CCC(C)(C)C(=O)OC.CCC(C)(C)C(=O)OC1C2CC3C(=O)OC1C3O2.CCC(C)(C)C(=O)OC1C2CC3C1OC(=O)C3C2C(=O)OC.CCC(C)(C)C(=O)OC1C2CC3CC2CC(=O)OC31.CCC(C)(C)C(=O)OC1CC2CCC1(C)OC(=O)C2.CCC(C)(C)C(=O)OCCC(=O)OC1C2CC3C(=O)OC1C3C2.COC.O=C1OCC2C3CCC(C3)C12.O=C1OCC2CCCCC12. The Balaban J connectivity index is 0.000000168. The van der Waals surface area contributed by atoms with Crippen LogP contribution in [0.25, 0.3) is 0 Å². The first-order valence-corrected chi connectivity index (χ1v) is 52.9. The second kappa shape index (κ2) is 47.7. The van der Waals surface area contributed by atoms with Crippen molar-refractivity contribution in [1.82, 2.24) is 0 Å². The third-order valence-corrected chi connectivity index (χ3v) is 35.6. The molecule has 0 N–H and O–H groups in total. The quantitative estimate of drug-likeness (QED) is 0.0677. The van der Waals surface area contributed by atoms with Crippen molar-refractivity contribution >= 4 is 95.5 Å². The highest BCUT2D eigenvalue weighted by Gasteiger charge is 2.72. The number of carbonyl (C=O) groups excluding carboxylic acids is 16. The van der Waals surface area contributed by atoms with Crippen molar-refractivity contribution in [2.24, 2.45) is 144 Å². The number of fused-ring (bicyclic) bond motifs is 15. The van der Waals surface area contributed by atoms with Crippen LogP contribution in [0.15, 0.2) is 0 Å². The summed E-state index contributed by atoms with van der Waals surface area (Å²) in [6, 6.07) is 0. The number of hydrogen-bond acceptors (Lipinski definition) is 34. The molecule has 0 aromatic heterocycles. The first-order chi connectivity index (χ1) is 67.0. The van der Waals surface area contributed by atoms with Crippen molar-refractivity contribution < 1.29 is 162 Å². The number of carbonyl (C=O) groups is 16. The van der Waals surface area contributed by atoms with Crippen LogP contribution in [0.2, 0.25) is 0 Å². The van der Waals surface area contributed by atoms with E-state index in [2.05, 4.69) is 14.2 Å². The molecule has 34 nitrogen and oxygen atoms in total. The summed E-state index contributed by atoms with van der Waals surface area (Å²) in [5.41, 5.74) is -3.84. The van der Waals surface area contributed by atoms with Crippen LogP contribution in [-0.4, -0.2) is 224 Å². The van der Waals surface area contributed by atoms with Crippen molar-refractivity contribution in [2.45, 2.75) is 392 Å². The zero-order valence-electron chi connectivity index (χ0n) is 90.1. The van der Waals surface area contributed by atoms with Crippen LogP contribution >= 0.6 is 0 Å². The number of cyclic esters (lactones) is 2. The van der Waals surface area contributed by atoms with E-state index in [1.807, 2.05) is 152 Å². The standard InChI is InChI=1S/C17H24O6.C16H22O6.C15H22O4.C15H24O4.C13H18O5.C9H12O2.C8H12O2.2C7H14O2.C2H6O/c1-4-17(2,3)16(20)21-6-5-12(18)22-13-9-7-10-11(8-9)15(19)23-14(10)13;1-5-16(2,3)15(19)22-12-7-6-8-10(9(7)13(17)20-4)14(18)21-11(8)12;1-4-15(2,3)14(17)19-13-10-6-9-5-8(10)7-11(16)18-12(9)13;1-5-14(2,3)13(17)18-11-8-10-6-7-15(11,4)19-12(16)9-10;1-4-13(2,3)12(15)18-9-7-5-6-8(16-7)10(9)17-11(6)14;10-9-8-6-2-1-5(3-6)7(8)4-11-9;9-8-7-4-2-1-3-6(7)5-10-8;2*1-5-7(2,3)6(8)9-4;1-3-2/h9-11,13-14H,4-8H2,1-3H3;7-12H,5-6H2,1-4H3;8-10,12-13H,4-7H2,1-3H3;10-11H,5-9H2,1-4H3;6-10H,4-5H2,1-3H3;5-8H,1-4H2;6-7H,1-5H2;2*5H2,1-4H3;1-2H3. The second-order valence-corrected chi connectivity index (χ2v) is 47.6. The van der Waals surface area contributed by atoms with Crippen molar-refractivity contribution in [1.29, 1.82) is 0 Å². The Morgan fingerprint density at radius 2 is 0.846 bits per heavy atom. The minimum atomic E-state index is -0.635. The highest BCUT2D eigenvalue weighted by Crippen LogP contribution is 2.61. The number of rotatable bonds is 23. The molecule has 0 spiro atoms. The van der Waals surface area contributed by atoms with Gasteiger partial charge < -0.3 is 85.3 Å². The zero-order valence-corrected chi connectivity index (χ0v) is 90.1. The largest absolute Gasteiger partial charge is 0.469 e. The molecule has 0 amide bonds. The fraction of sp³-hybridized carbons (Fsp3) is 0.853. The zero-order chi connectivity index (χ0) is 106. The Kier molecular flexibility index (Phi) is 38.8. The van der Waals surface area contributed by atoms with E-state index < -0.39 is 80.9 Å². The molecule has 21 rings (SSSR count). The van der Waals surface area contributed by atoms with Gasteiger partial charge in [0.1, 0.15) is 61.0 Å². The van der Waals surface area contributed by atoms with E-state index in [1.54, 1.807) is 14.2 Å². The lowest BCUT2D eigenvalue weighted by Crippen LogP contribution is -2.48. The number of hydrogen-bond donors (Lipinski definition) is 0. The lowest BCUT2D eigenvalue weighted by atomic mass is 9.77. The maximum atomic E-state index is 12.4. The first kappa shape index (κ1) is 116. The smallest absolute Gasteiger partial charge is 0.312 e. The molecule has 143 heavy (non-hydrogen) atoms. The Bertz CT molecular complexity index is 4480. The van der Waals surface area contributed by atoms with Gasteiger partial charge in [0.25, 0.3) is 0 Å². The van der Waals surface area contributed by atoms with Gasteiger partial charge >= 0.3 is 95.5 Å². The van der Waals surface area contributed by atoms with E-state index in [-0.39, 0.29) is 192 Å². The monoisotopic (exact) mass is 2020 g/mol. The van der Waals surface area contributed by atoms with Crippen LogP contribution in [0.3, 0.4) is 0 Å². The summed E-state index contributed by atoms with van der Waals surface area (Å²) in [6.07, 6.45) is 19.1. The summed E-state index contributed by atoms with van der Waals surface area (Å²) in [4.78, 5) is 187. The molecular weight excluding hydrogens is 1850 g/mol. The first-order valence-electron chi connectivity index (χ1n) is 52.9. The highest BCUT2D eigenvalue weighted by atomic mass is 16.7. The molecular formula is C109H168O34. The van der Waals surface area contributed by atoms with E-state index in [0.717, 1.165) is 89.6 Å². The van der Waals surface area contributed by atoms with Crippen LogP contribution in [0.5, 0.6) is 0 Å². The van der Waals surface area contributed by atoms with Crippen LogP contribution in [0.4, 0.5) is 0 Å². The molecule has 21 aliphatic rings. The number of ether oxygens (including phenoxy) is 18. The van der Waals surface area contributed by atoms with E-state index >= 15 is 0 Å². The normalized spacial score (nSPS) is 34.9. The lowest BCUT2D eigenvalue weighted by Gasteiger charge is -2.40. The summed E-state index contributed by atoms with van der Waals surface area (Å²) in [5.74, 6) is 0.685. The summed E-state index contributed by atoms with van der Waals surface area (Å²) in [6.45, 7) is 43.1. The summed E-state index contributed by atoms with van der Waals surface area (Å²) >= 11 is 0. The molecule has 10 aliphatic carbocycles. The van der Waals surface area contributed by atoms with Gasteiger partial charge in [-0.2, -0.15) is 0 Å². The van der Waals surface area contributed by atoms with Crippen LogP contribution < -0.4 is 0 Å². The molecule has 30 unspecified atom stereocenters. The molecule has 0 aromatic rings. The molecule has 10 saturated carbocycles. The molecule has 808 valence electrons. The van der Waals surface area contributed by atoms with E-state index in [9.17, 15) is 76.7 Å². The summed E-state index contributed by atoms with van der Waals surface area (Å²) in [5, 5.41) is 0. The van der Waals surface area contributed by atoms with Crippen molar-refractivity contribution in [3.63, 3.8) is 0 Å². The molecule has 0 aromatic carbocycles. The fourth-order valence-electron chi connectivity index (χ4n) is 23.4. The van der Waals surface area contributed by atoms with Gasteiger partial charge in [0.2, 0.25) is 0 Å². The lowest BCUT2D eigenvalue weighted by molar-refractivity contribution is -0.189. The van der Waals surface area contributed by atoms with Gasteiger partial charge in [-0.1, -0.05) is 61.3 Å². The summed E-state index contributed by atoms with van der Waals surface area (Å²) in [7, 11) is 7.40. The molecule has 11 heterocycles. The van der Waals surface area contributed by atoms with Crippen LogP contribution in [0.1, 0.15) is 319 Å². The van der Waals surface area contributed by atoms with E-state index in [0.29, 0.717) is 98.9 Å². The number of methoxy groups -OCH3 is 4. The maximum absolute atomic E-state index is 12.4. The van der Waals surface area contributed by atoms with Gasteiger partial charge in [-0.05, 0) is 262 Å². The molecule has 14 bridgehead atoms. The molecule has 0 radical (unpaired) electrons. The van der Waals surface area contributed by atoms with Crippen LogP contribution in [-0.2, 0) is 162 Å². The second-order valence-electron chi connectivity index (χ2n) is 47.6. The molecule has 11 saturated heterocycles. The van der Waals surface area contributed by atoms with Gasteiger partial charge in [0, 0.05) is 74.4 Å². The van der Waals surface area contributed by atoms with Gasteiger partial charge in [-0.15, -0.1) is 0 Å². The Labute approximate surface area is 845 Å². The third kappa shape index (κ3) is 26.1. The minimum Gasteiger partial charge on any atom is -0.469 e. The van der Waals surface area contributed by atoms with Crippen molar-refractivity contribution in [3.05, 3.63) is 0 Å². The predicted octanol–water partition coefficient (Wildman–Crippen LogP) is 15.4. The average Bonchev–Trinajstić information content (AvgIpc) is 1.54. The predicted molar refractivity (Wildman–Crippen MR) is 513 cm³/mol. The molecule has 21 fully saturated rings. The van der Waals surface area contributed by atoms with Gasteiger partial charge in [-0.25, -0.2) is 0 Å².